The van der Waals surface area contributed by atoms with Gasteiger partial charge in [0.25, 0.3) is 0 Å². The highest BCUT2D eigenvalue weighted by Crippen LogP contribution is 3.02. The number of phenols is 1. The SMILES string of the molecule is NCCCc1cc(S(F)(F)(F)(F)F)ccc1O. The van der Waals surface area contributed by atoms with Crippen LogP contribution in [0.4, 0.5) is 19.4 Å². The smallest absolute Gasteiger partial charge is 0.310 e. The molecule has 0 spiro atoms. The maximum atomic E-state index is 12.5. The van der Waals surface area contributed by atoms with Gasteiger partial charge >= 0.3 is 10.2 Å². The minimum absolute atomic E-state index is 0.0179. The number of aromatic hydroxyl groups is 1. The summed E-state index contributed by atoms with van der Waals surface area (Å²) in [5.41, 5.74) is 4.98. The molecule has 100 valence electrons. The number of hydrogen-bond donors (Lipinski definition) is 2. The predicted molar refractivity (Wildman–Crippen MR) is 56.9 cm³/mol. The van der Waals surface area contributed by atoms with Crippen molar-refractivity contribution in [1.82, 2.24) is 0 Å². The molecular weight excluding hydrogens is 265 g/mol. The summed E-state index contributed by atoms with van der Waals surface area (Å²) in [4.78, 5) is -1.99. The Bertz CT molecular complexity index is 430. The first-order valence-electron chi connectivity index (χ1n) is 4.70. The van der Waals surface area contributed by atoms with Gasteiger partial charge in [0.1, 0.15) is 10.6 Å². The highest BCUT2D eigenvalue weighted by molar-refractivity contribution is 8.45. The average molecular weight is 277 g/mol. The molecule has 0 unspecified atom stereocenters. The van der Waals surface area contributed by atoms with E-state index in [1.807, 2.05) is 0 Å². The van der Waals surface area contributed by atoms with Crippen LogP contribution in [-0.2, 0) is 6.42 Å². The second-order valence-electron chi connectivity index (χ2n) is 3.65. The lowest BCUT2D eigenvalue weighted by Crippen LogP contribution is -2.07. The van der Waals surface area contributed by atoms with Crippen molar-refractivity contribution in [3.05, 3.63) is 23.8 Å². The Labute approximate surface area is 95.0 Å². The normalized spacial score (nSPS) is 16.4. The fourth-order valence-corrected chi connectivity index (χ4v) is 1.98. The largest absolute Gasteiger partial charge is 0.508 e. The number of phenolic OH excluding ortho intramolecular Hbond substituents is 1. The van der Waals surface area contributed by atoms with Crippen LogP contribution in [0.1, 0.15) is 12.0 Å². The van der Waals surface area contributed by atoms with Crippen LogP contribution >= 0.6 is 10.2 Å². The summed E-state index contributed by atoms with van der Waals surface area (Å²) in [7, 11) is -9.67. The van der Waals surface area contributed by atoms with Gasteiger partial charge in [-0.05, 0) is 43.1 Å². The minimum Gasteiger partial charge on any atom is -0.508 e. The highest BCUT2D eigenvalue weighted by atomic mass is 32.5. The molecule has 0 saturated carbocycles. The van der Waals surface area contributed by atoms with Gasteiger partial charge in [0.2, 0.25) is 0 Å². The Balaban J connectivity index is 3.23. The molecule has 0 atom stereocenters. The zero-order valence-corrected chi connectivity index (χ0v) is 9.49. The van der Waals surface area contributed by atoms with E-state index in [0.717, 1.165) is 0 Å². The molecule has 1 aromatic carbocycles. The van der Waals surface area contributed by atoms with Gasteiger partial charge < -0.3 is 10.8 Å². The third kappa shape index (κ3) is 3.74. The molecule has 3 N–H and O–H groups in total. The van der Waals surface area contributed by atoms with E-state index < -0.39 is 20.9 Å². The van der Waals surface area contributed by atoms with Gasteiger partial charge in [-0.1, -0.05) is 19.4 Å². The monoisotopic (exact) mass is 277 g/mol. The van der Waals surface area contributed by atoms with Crippen LogP contribution in [0.2, 0.25) is 0 Å². The van der Waals surface area contributed by atoms with Crippen molar-refractivity contribution >= 4 is 10.2 Å². The molecule has 0 aliphatic carbocycles. The van der Waals surface area contributed by atoms with Gasteiger partial charge in [0.15, 0.2) is 0 Å². The average Bonchev–Trinajstić information content (AvgIpc) is 2.12. The van der Waals surface area contributed by atoms with E-state index in [9.17, 15) is 24.5 Å². The minimum atomic E-state index is -9.67. The Kier molecular flexibility index (Phi) is 2.88. The van der Waals surface area contributed by atoms with Crippen LogP contribution < -0.4 is 5.73 Å². The summed E-state index contributed by atoms with van der Waals surface area (Å²) in [5.74, 6) is -0.441. The number of benzene rings is 1. The van der Waals surface area contributed by atoms with Gasteiger partial charge in [-0.3, -0.25) is 0 Å². The van der Waals surface area contributed by atoms with Crippen LogP contribution in [0.3, 0.4) is 0 Å². The van der Waals surface area contributed by atoms with Crippen molar-refractivity contribution in [2.75, 3.05) is 6.54 Å². The van der Waals surface area contributed by atoms with Crippen molar-refractivity contribution in [3.8, 4) is 5.75 Å². The maximum Gasteiger partial charge on any atom is 0.310 e. The van der Waals surface area contributed by atoms with Crippen LogP contribution in [0.25, 0.3) is 0 Å². The molecular formula is C9H12F5NOS. The molecule has 1 aromatic rings. The van der Waals surface area contributed by atoms with E-state index in [2.05, 4.69) is 0 Å². The quantitative estimate of drug-likeness (QED) is 0.819. The summed E-state index contributed by atoms with van der Waals surface area (Å²) in [6, 6.07) is 1.09. The fourth-order valence-electron chi connectivity index (χ4n) is 1.29. The lowest BCUT2D eigenvalue weighted by molar-refractivity contribution is 0.363. The Morgan fingerprint density at radius 3 is 2.18 bits per heavy atom. The summed E-state index contributed by atoms with van der Waals surface area (Å²) >= 11 is 0. The Hall–Kier alpha value is -1.02. The second-order valence-corrected chi connectivity index (χ2v) is 6.06. The van der Waals surface area contributed by atoms with E-state index in [4.69, 9.17) is 5.73 Å². The van der Waals surface area contributed by atoms with Gasteiger partial charge in [-0.2, -0.15) is 0 Å². The summed E-state index contributed by atoms with van der Waals surface area (Å²) in [5, 5.41) is 9.26. The summed E-state index contributed by atoms with van der Waals surface area (Å²) in [6.07, 6.45) is 0.321. The van der Waals surface area contributed by atoms with Crippen LogP contribution in [0.5, 0.6) is 5.75 Å². The van der Waals surface area contributed by atoms with Crippen molar-refractivity contribution < 1.29 is 24.5 Å². The maximum absolute atomic E-state index is 12.5. The molecule has 8 heteroatoms. The molecule has 0 aromatic heterocycles. The number of halogens is 5. The molecule has 0 fully saturated rings. The number of aryl methyl sites for hydroxylation is 1. The first-order valence-corrected chi connectivity index (χ1v) is 6.65. The molecule has 0 amide bonds. The fraction of sp³-hybridized carbons (Fsp3) is 0.333. The summed E-state index contributed by atoms with van der Waals surface area (Å²) < 4.78 is 62.4. The number of hydrogen-bond acceptors (Lipinski definition) is 2. The molecule has 0 aliphatic heterocycles. The molecule has 0 radical (unpaired) electrons. The predicted octanol–water partition coefficient (Wildman–Crippen LogP) is 3.94. The molecule has 0 heterocycles. The van der Waals surface area contributed by atoms with E-state index in [1.54, 1.807) is 0 Å². The zero-order chi connectivity index (χ0) is 13.4. The molecule has 0 saturated heterocycles. The van der Waals surface area contributed by atoms with E-state index in [0.29, 0.717) is 12.5 Å². The Morgan fingerprint density at radius 1 is 1.12 bits per heavy atom. The van der Waals surface area contributed by atoms with E-state index in [-0.39, 0.29) is 30.7 Å². The van der Waals surface area contributed by atoms with Gasteiger partial charge in [-0.25, -0.2) is 0 Å². The lowest BCUT2D eigenvalue weighted by Gasteiger charge is -2.40. The molecule has 2 nitrogen and oxygen atoms in total. The van der Waals surface area contributed by atoms with Gasteiger partial charge in [0.05, 0.1) is 0 Å². The van der Waals surface area contributed by atoms with Crippen LogP contribution in [0.15, 0.2) is 23.1 Å². The Morgan fingerprint density at radius 2 is 1.71 bits per heavy atom. The lowest BCUT2D eigenvalue weighted by atomic mass is 10.1. The van der Waals surface area contributed by atoms with Crippen molar-refractivity contribution in [1.29, 1.82) is 0 Å². The van der Waals surface area contributed by atoms with Gasteiger partial charge in [0, 0.05) is 0 Å². The van der Waals surface area contributed by atoms with Crippen molar-refractivity contribution in [2.24, 2.45) is 5.73 Å². The first kappa shape index (κ1) is 14.0. The van der Waals surface area contributed by atoms with Gasteiger partial charge in [-0.15, -0.1) is 0 Å². The third-order valence-electron chi connectivity index (χ3n) is 2.15. The zero-order valence-electron chi connectivity index (χ0n) is 8.68. The van der Waals surface area contributed by atoms with E-state index in [1.165, 1.54) is 0 Å². The standard InChI is InChI=1S/C9H12F5NOS/c10-17(11,12,13,14)8-3-4-9(16)7(6-8)2-1-5-15/h3-4,6,16H,1-2,5,15H2. The van der Waals surface area contributed by atoms with Crippen LogP contribution in [0, 0.1) is 0 Å². The summed E-state index contributed by atoms with van der Waals surface area (Å²) in [6.45, 7) is 0.195. The van der Waals surface area contributed by atoms with Crippen LogP contribution in [-0.4, -0.2) is 11.7 Å². The topological polar surface area (TPSA) is 46.2 Å². The first-order chi connectivity index (χ1) is 7.44. The molecule has 0 aliphatic rings. The molecule has 17 heavy (non-hydrogen) atoms. The van der Waals surface area contributed by atoms with Crippen molar-refractivity contribution in [3.63, 3.8) is 0 Å². The third-order valence-corrected chi connectivity index (χ3v) is 3.29. The second kappa shape index (κ2) is 3.49. The highest BCUT2D eigenvalue weighted by Gasteiger charge is 2.65. The number of rotatable bonds is 4. The molecule has 1 rings (SSSR count). The van der Waals surface area contributed by atoms with Crippen molar-refractivity contribution in [2.45, 2.75) is 17.7 Å². The molecule has 0 bridgehead atoms. The van der Waals surface area contributed by atoms with E-state index >= 15 is 0 Å². The number of nitrogens with two attached hydrogens (primary N) is 1.